The summed E-state index contributed by atoms with van der Waals surface area (Å²) in [5.74, 6) is 1.64. The van der Waals surface area contributed by atoms with Crippen molar-refractivity contribution in [2.75, 3.05) is 19.4 Å². The second-order valence-corrected chi connectivity index (χ2v) is 8.30. The van der Waals surface area contributed by atoms with Gasteiger partial charge in [-0.2, -0.15) is 0 Å². The number of hydrogen-bond acceptors (Lipinski definition) is 4. The fourth-order valence-electron chi connectivity index (χ4n) is 2.97. The van der Waals surface area contributed by atoms with Crippen LogP contribution in [0.15, 0.2) is 48.5 Å². The van der Waals surface area contributed by atoms with Gasteiger partial charge in [-0.1, -0.05) is 48.9 Å². The maximum atomic E-state index is 13.1. The molecule has 2 aromatic rings. The highest BCUT2D eigenvalue weighted by Gasteiger charge is 2.25. The van der Waals surface area contributed by atoms with Crippen molar-refractivity contribution in [2.45, 2.75) is 45.5 Å². The molecule has 30 heavy (non-hydrogen) atoms. The Kier molecular flexibility index (Phi) is 9.74. The van der Waals surface area contributed by atoms with Gasteiger partial charge in [0.2, 0.25) is 11.8 Å². The van der Waals surface area contributed by atoms with E-state index in [0.717, 1.165) is 23.5 Å². The number of nitrogens with one attached hydrogen (secondary N) is 1. The lowest BCUT2D eigenvalue weighted by molar-refractivity contribution is -0.138. The Morgan fingerprint density at radius 1 is 1.13 bits per heavy atom. The molecule has 1 unspecified atom stereocenters. The number of aryl methyl sites for hydroxylation is 1. The summed E-state index contributed by atoms with van der Waals surface area (Å²) in [7, 11) is 1.62. The van der Waals surface area contributed by atoms with Gasteiger partial charge in [0.05, 0.1) is 12.9 Å². The Balaban J connectivity index is 2.06. The first-order valence-electron chi connectivity index (χ1n) is 10.3. The first-order chi connectivity index (χ1) is 14.4. The molecule has 0 heterocycles. The monoisotopic (exact) mass is 428 g/mol. The minimum atomic E-state index is -0.546. The number of nitrogens with zero attached hydrogens (tertiary/aromatic N) is 1. The number of ether oxygens (including phenoxy) is 1. The van der Waals surface area contributed by atoms with Crippen LogP contribution in [0.25, 0.3) is 0 Å². The normalized spacial score (nSPS) is 11.6. The van der Waals surface area contributed by atoms with E-state index < -0.39 is 6.04 Å². The fourth-order valence-corrected chi connectivity index (χ4v) is 3.84. The zero-order valence-electron chi connectivity index (χ0n) is 18.3. The molecule has 6 heteroatoms. The quantitative estimate of drug-likeness (QED) is 0.583. The number of carbonyl (C=O) groups is 2. The van der Waals surface area contributed by atoms with E-state index in [1.165, 1.54) is 11.1 Å². The number of carbonyl (C=O) groups excluding carboxylic acids is 2. The average Bonchev–Trinajstić information content (AvgIpc) is 2.76. The third kappa shape index (κ3) is 7.41. The highest BCUT2D eigenvalue weighted by atomic mass is 32.2. The molecular formula is C24H32N2O3S. The van der Waals surface area contributed by atoms with Gasteiger partial charge in [-0.3, -0.25) is 9.59 Å². The largest absolute Gasteiger partial charge is 0.497 e. The number of benzene rings is 2. The smallest absolute Gasteiger partial charge is 0.242 e. The first-order valence-corrected chi connectivity index (χ1v) is 11.4. The highest BCUT2D eigenvalue weighted by molar-refractivity contribution is 7.99. The SMILES string of the molecule is CCCNC(=O)C(C)N(Cc1cccc(OC)c1)C(=O)CSCc1ccc(C)cc1. The van der Waals surface area contributed by atoms with Gasteiger partial charge in [-0.25, -0.2) is 0 Å². The second-order valence-electron chi connectivity index (χ2n) is 7.32. The third-order valence-electron chi connectivity index (χ3n) is 4.82. The van der Waals surface area contributed by atoms with Gasteiger partial charge < -0.3 is 15.0 Å². The van der Waals surface area contributed by atoms with Gasteiger partial charge in [0.1, 0.15) is 11.8 Å². The topological polar surface area (TPSA) is 58.6 Å². The Bertz CT molecular complexity index is 823. The number of amides is 2. The Labute approximate surface area is 184 Å². The number of hydrogen-bond donors (Lipinski definition) is 1. The predicted octanol–water partition coefficient (Wildman–Crippen LogP) is 4.18. The summed E-state index contributed by atoms with van der Waals surface area (Å²) in [6.45, 7) is 6.82. The van der Waals surface area contributed by atoms with Crippen LogP contribution >= 0.6 is 11.8 Å². The molecule has 0 saturated heterocycles. The molecule has 0 spiro atoms. The van der Waals surface area contributed by atoms with E-state index in [4.69, 9.17) is 4.74 Å². The van der Waals surface area contributed by atoms with Crippen LogP contribution in [-0.4, -0.2) is 42.2 Å². The maximum absolute atomic E-state index is 13.1. The lowest BCUT2D eigenvalue weighted by Gasteiger charge is -2.29. The average molecular weight is 429 g/mol. The molecule has 1 atom stereocenters. The van der Waals surface area contributed by atoms with E-state index in [9.17, 15) is 9.59 Å². The predicted molar refractivity (Wildman–Crippen MR) is 124 cm³/mol. The summed E-state index contributed by atoms with van der Waals surface area (Å²) in [5, 5.41) is 2.90. The molecule has 0 aliphatic heterocycles. The zero-order valence-corrected chi connectivity index (χ0v) is 19.1. The lowest BCUT2D eigenvalue weighted by atomic mass is 10.1. The van der Waals surface area contributed by atoms with E-state index in [2.05, 4.69) is 36.5 Å². The van der Waals surface area contributed by atoms with Crippen LogP contribution < -0.4 is 10.1 Å². The van der Waals surface area contributed by atoms with Gasteiger partial charge in [0.25, 0.3) is 0 Å². The molecule has 5 nitrogen and oxygen atoms in total. The van der Waals surface area contributed by atoms with Crippen LogP contribution in [0.3, 0.4) is 0 Å². The van der Waals surface area contributed by atoms with Gasteiger partial charge in [0.15, 0.2) is 0 Å². The molecule has 162 valence electrons. The van der Waals surface area contributed by atoms with E-state index in [0.29, 0.717) is 18.8 Å². The van der Waals surface area contributed by atoms with E-state index >= 15 is 0 Å². The summed E-state index contributed by atoms with van der Waals surface area (Å²) >= 11 is 1.57. The molecule has 0 aromatic heterocycles. The van der Waals surface area contributed by atoms with Crippen LogP contribution in [-0.2, 0) is 21.9 Å². The number of thioether (sulfide) groups is 1. The summed E-state index contributed by atoms with van der Waals surface area (Å²) < 4.78 is 5.29. The Morgan fingerprint density at radius 3 is 2.53 bits per heavy atom. The Morgan fingerprint density at radius 2 is 1.87 bits per heavy atom. The molecule has 0 radical (unpaired) electrons. The van der Waals surface area contributed by atoms with E-state index in [-0.39, 0.29) is 11.8 Å². The van der Waals surface area contributed by atoms with Gasteiger partial charge in [-0.05, 0) is 43.5 Å². The molecule has 0 bridgehead atoms. The molecule has 2 rings (SSSR count). The second kappa shape index (κ2) is 12.3. The highest BCUT2D eigenvalue weighted by Crippen LogP contribution is 2.18. The first kappa shape index (κ1) is 23.8. The molecular weight excluding hydrogens is 396 g/mol. The summed E-state index contributed by atoms with van der Waals surface area (Å²) in [5.41, 5.74) is 3.34. The van der Waals surface area contributed by atoms with Crippen molar-refractivity contribution in [1.29, 1.82) is 0 Å². The van der Waals surface area contributed by atoms with Crippen LogP contribution in [0.1, 0.15) is 37.0 Å². The number of rotatable bonds is 11. The van der Waals surface area contributed by atoms with Crippen molar-refractivity contribution in [3.63, 3.8) is 0 Å². The minimum absolute atomic E-state index is 0.0471. The summed E-state index contributed by atoms with van der Waals surface area (Å²) in [6, 6.07) is 15.4. The number of methoxy groups -OCH3 is 1. The standard InChI is InChI=1S/C24H32N2O3S/c1-5-13-25-24(28)19(3)26(15-21-7-6-8-22(14-21)29-4)23(27)17-30-16-20-11-9-18(2)10-12-20/h6-12,14,19H,5,13,15-17H2,1-4H3,(H,25,28). The lowest BCUT2D eigenvalue weighted by Crippen LogP contribution is -2.48. The zero-order chi connectivity index (χ0) is 21.9. The van der Waals surface area contributed by atoms with Crippen molar-refractivity contribution in [3.05, 3.63) is 65.2 Å². The fraction of sp³-hybridized carbons (Fsp3) is 0.417. The van der Waals surface area contributed by atoms with Gasteiger partial charge in [-0.15, -0.1) is 11.8 Å². The minimum Gasteiger partial charge on any atom is -0.497 e. The molecule has 2 aromatic carbocycles. The summed E-state index contributed by atoms with van der Waals surface area (Å²) in [4.78, 5) is 27.3. The van der Waals surface area contributed by atoms with Crippen molar-refractivity contribution < 1.29 is 14.3 Å². The summed E-state index contributed by atoms with van der Waals surface area (Å²) in [6.07, 6.45) is 0.856. The molecule has 2 amide bonds. The van der Waals surface area contributed by atoms with E-state index in [1.54, 1.807) is 30.7 Å². The van der Waals surface area contributed by atoms with Crippen LogP contribution in [0.5, 0.6) is 5.75 Å². The molecule has 0 fully saturated rings. The van der Waals surface area contributed by atoms with Crippen LogP contribution in [0, 0.1) is 6.92 Å². The Hall–Kier alpha value is -2.47. The van der Waals surface area contributed by atoms with Crippen molar-refractivity contribution in [3.8, 4) is 5.75 Å². The molecule has 0 saturated carbocycles. The molecule has 0 aliphatic carbocycles. The molecule has 0 aliphatic rings. The van der Waals surface area contributed by atoms with Crippen molar-refractivity contribution in [2.24, 2.45) is 0 Å². The van der Waals surface area contributed by atoms with Gasteiger partial charge in [0, 0.05) is 18.8 Å². The van der Waals surface area contributed by atoms with E-state index in [1.807, 2.05) is 31.2 Å². The maximum Gasteiger partial charge on any atom is 0.242 e. The van der Waals surface area contributed by atoms with Crippen molar-refractivity contribution in [1.82, 2.24) is 10.2 Å². The molecule has 1 N–H and O–H groups in total. The third-order valence-corrected chi connectivity index (χ3v) is 5.81. The van der Waals surface area contributed by atoms with Crippen LogP contribution in [0.4, 0.5) is 0 Å². The van der Waals surface area contributed by atoms with Crippen molar-refractivity contribution >= 4 is 23.6 Å². The van der Waals surface area contributed by atoms with Crippen LogP contribution in [0.2, 0.25) is 0 Å². The van der Waals surface area contributed by atoms with Gasteiger partial charge >= 0.3 is 0 Å².